The van der Waals surface area contributed by atoms with Gasteiger partial charge in [0.25, 0.3) is 0 Å². The monoisotopic (exact) mass is 283 g/mol. The number of para-hydroxylation sites is 1. The van der Waals surface area contributed by atoms with Crippen molar-refractivity contribution in [1.29, 1.82) is 0 Å². The number of benzene rings is 2. The Morgan fingerprint density at radius 3 is 2.45 bits per heavy atom. The van der Waals surface area contributed by atoms with Gasteiger partial charge in [0.05, 0.1) is 17.3 Å². The summed E-state index contributed by atoms with van der Waals surface area (Å²) < 4.78 is 0. The number of rotatable bonds is 3. The fourth-order valence-corrected chi connectivity index (χ4v) is 2.38. The molecule has 0 spiro atoms. The number of aromatic nitrogens is 1. The summed E-state index contributed by atoms with van der Waals surface area (Å²) >= 11 is 5.92. The summed E-state index contributed by atoms with van der Waals surface area (Å²) in [6.07, 6.45) is 0. The molecular weight excluding hydrogens is 270 g/mol. The van der Waals surface area contributed by atoms with E-state index in [1.165, 1.54) is 0 Å². The molecule has 4 heteroatoms. The Balaban J connectivity index is 2.04. The normalized spacial score (nSPS) is 12.5. The van der Waals surface area contributed by atoms with E-state index in [1.54, 1.807) is 0 Å². The molecule has 0 saturated heterocycles. The van der Waals surface area contributed by atoms with Crippen LogP contribution in [0, 0.1) is 0 Å². The second-order valence-corrected chi connectivity index (χ2v) is 5.02. The fourth-order valence-electron chi connectivity index (χ4n) is 2.25. The number of pyridine rings is 1. The van der Waals surface area contributed by atoms with Crippen LogP contribution in [0.3, 0.4) is 0 Å². The lowest BCUT2D eigenvalue weighted by atomic mass is 10.0. The van der Waals surface area contributed by atoms with Gasteiger partial charge in [-0.1, -0.05) is 48.0 Å². The third kappa shape index (κ3) is 2.51. The molecule has 0 bridgehead atoms. The average molecular weight is 284 g/mol. The van der Waals surface area contributed by atoms with E-state index in [9.17, 15) is 0 Å². The molecule has 1 aromatic heterocycles. The maximum Gasteiger partial charge on any atom is 0.0881 e. The van der Waals surface area contributed by atoms with Crippen LogP contribution in [0.4, 0.5) is 0 Å². The first-order valence-corrected chi connectivity index (χ1v) is 6.73. The molecule has 0 saturated carbocycles. The van der Waals surface area contributed by atoms with Crippen molar-refractivity contribution in [1.82, 2.24) is 10.4 Å². The quantitative estimate of drug-likeness (QED) is 0.572. The standard InChI is InChI=1S/C16H14ClN3/c17-13-8-5-12(6-9-13)16(20-18)15-10-7-11-3-1-2-4-14(11)19-15/h1-10,16,20H,18H2. The molecular formula is C16H14ClN3. The van der Waals surface area contributed by atoms with Crippen LogP contribution in [-0.2, 0) is 0 Å². The number of hydrogen-bond acceptors (Lipinski definition) is 3. The summed E-state index contributed by atoms with van der Waals surface area (Å²) in [7, 11) is 0. The SMILES string of the molecule is NNC(c1ccc(Cl)cc1)c1ccc2ccccc2n1. The van der Waals surface area contributed by atoms with Crippen LogP contribution in [0.1, 0.15) is 17.3 Å². The van der Waals surface area contributed by atoms with Crippen molar-refractivity contribution < 1.29 is 0 Å². The number of halogens is 1. The van der Waals surface area contributed by atoms with E-state index in [0.29, 0.717) is 5.02 Å². The molecule has 1 unspecified atom stereocenters. The molecule has 3 N–H and O–H groups in total. The molecule has 20 heavy (non-hydrogen) atoms. The summed E-state index contributed by atoms with van der Waals surface area (Å²) in [6, 6.07) is 19.5. The Kier molecular flexibility index (Phi) is 3.65. The number of nitrogens with two attached hydrogens (primary N) is 1. The lowest BCUT2D eigenvalue weighted by Gasteiger charge is -2.16. The smallest absolute Gasteiger partial charge is 0.0881 e. The summed E-state index contributed by atoms with van der Waals surface area (Å²) in [4.78, 5) is 4.67. The molecule has 0 amide bonds. The second-order valence-electron chi connectivity index (χ2n) is 4.58. The van der Waals surface area contributed by atoms with Crippen molar-refractivity contribution in [3.8, 4) is 0 Å². The lowest BCUT2D eigenvalue weighted by molar-refractivity contribution is 0.623. The molecule has 3 nitrogen and oxygen atoms in total. The minimum atomic E-state index is -0.156. The Hall–Kier alpha value is -1.94. The molecule has 0 aliphatic rings. The Bertz CT molecular complexity index is 725. The maximum absolute atomic E-state index is 5.92. The van der Waals surface area contributed by atoms with Crippen molar-refractivity contribution in [2.45, 2.75) is 6.04 Å². The number of fused-ring (bicyclic) bond motifs is 1. The summed E-state index contributed by atoms with van der Waals surface area (Å²) in [6.45, 7) is 0. The van der Waals surface area contributed by atoms with Gasteiger partial charge in [0, 0.05) is 10.4 Å². The molecule has 2 aromatic carbocycles. The molecule has 1 heterocycles. The van der Waals surface area contributed by atoms with Gasteiger partial charge in [-0.2, -0.15) is 0 Å². The van der Waals surface area contributed by atoms with Gasteiger partial charge in [-0.05, 0) is 29.8 Å². The molecule has 0 fully saturated rings. The largest absolute Gasteiger partial charge is 0.271 e. The van der Waals surface area contributed by atoms with Crippen LogP contribution >= 0.6 is 11.6 Å². The Morgan fingerprint density at radius 2 is 1.70 bits per heavy atom. The van der Waals surface area contributed by atoms with Crippen molar-refractivity contribution in [3.05, 3.63) is 76.9 Å². The van der Waals surface area contributed by atoms with Gasteiger partial charge in [0.2, 0.25) is 0 Å². The summed E-state index contributed by atoms with van der Waals surface area (Å²) in [5.41, 5.74) is 5.68. The van der Waals surface area contributed by atoms with Crippen molar-refractivity contribution in [3.63, 3.8) is 0 Å². The zero-order valence-electron chi connectivity index (χ0n) is 10.8. The minimum absolute atomic E-state index is 0.156. The summed E-state index contributed by atoms with van der Waals surface area (Å²) in [5.74, 6) is 5.70. The molecule has 3 rings (SSSR count). The van der Waals surface area contributed by atoms with Crippen LogP contribution in [-0.4, -0.2) is 4.98 Å². The Morgan fingerprint density at radius 1 is 0.950 bits per heavy atom. The number of hydrazine groups is 1. The molecule has 3 aromatic rings. The molecule has 1 atom stereocenters. The average Bonchev–Trinajstić information content (AvgIpc) is 2.50. The molecule has 0 aliphatic heterocycles. The van der Waals surface area contributed by atoms with Gasteiger partial charge in [-0.15, -0.1) is 0 Å². The van der Waals surface area contributed by atoms with Crippen molar-refractivity contribution >= 4 is 22.5 Å². The van der Waals surface area contributed by atoms with E-state index >= 15 is 0 Å². The highest BCUT2D eigenvalue weighted by molar-refractivity contribution is 6.30. The van der Waals surface area contributed by atoms with E-state index in [0.717, 1.165) is 22.2 Å². The predicted octanol–water partition coefficient (Wildman–Crippen LogP) is 3.44. The van der Waals surface area contributed by atoms with Gasteiger partial charge in [-0.3, -0.25) is 10.8 Å². The first-order valence-electron chi connectivity index (χ1n) is 6.35. The van der Waals surface area contributed by atoms with E-state index in [-0.39, 0.29) is 6.04 Å². The van der Waals surface area contributed by atoms with Gasteiger partial charge < -0.3 is 0 Å². The zero-order chi connectivity index (χ0) is 13.9. The number of hydrogen-bond donors (Lipinski definition) is 2. The van der Waals surface area contributed by atoms with Crippen LogP contribution in [0.25, 0.3) is 10.9 Å². The van der Waals surface area contributed by atoms with Crippen LogP contribution in [0.5, 0.6) is 0 Å². The van der Waals surface area contributed by atoms with Crippen LogP contribution in [0.2, 0.25) is 5.02 Å². The maximum atomic E-state index is 5.92. The minimum Gasteiger partial charge on any atom is -0.271 e. The Labute approximate surface area is 122 Å². The highest BCUT2D eigenvalue weighted by Crippen LogP contribution is 2.23. The third-order valence-corrected chi connectivity index (χ3v) is 3.54. The third-order valence-electron chi connectivity index (χ3n) is 3.29. The van der Waals surface area contributed by atoms with Crippen LogP contribution < -0.4 is 11.3 Å². The first kappa shape index (κ1) is 13.1. The summed E-state index contributed by atoms with van der Waals surface area (Å²) in [5, 5.41) is 1.82. The van der Waals surface area contributed by atoms with Gasteiger partial charge in [0.1, 0.15) is 0 Å². The van der Waals surface area contributed by atoms with E-state index < -0.39 is 0 Å². The topological polar surface area (TPSA) is 50.9 Å². The van der Waals surface area contributed by atoms with E-state index in [2.05, 4.69) is 16.5 Å². The van der Waals surface area contributed by atoms with E-state index in [1.807, 2.05) is 54.6 Å². The highest BCUT2D eigenvalue weighted by Gasteiger charge is 2.14. The lowest BCUT2D eigenvalue weighted by Crippen LogP contribution is -2.29. The zero-order valence-corrected chi connectivity index (χ0v) is 11.5. The van der Waals surface area contributed by atoms with Crippen molar-refractivity contribution in [2.75, 3.05) is 0 Å². The second kappa shape index (κ2) is 5.59. The fraction of sp³-hybridized carbons (Fsp3) is 0.0625. The first-order chi connectivity index (χ1) is 9.78. The molecule has 100 valence electrons. The number of nitrogens with one attached hydrogen (secondary N) is 1. The van der Waals surface area contributed by atoms with Crippen LogP contribution in [0.15, 0.2) is 60.7 Å². The molecule has 0 aliphatic carbocycles. The van der Waals surface area contributed by atoms with E-state index in [4.69, 9.17) is 17.4 Å². The van der Waals surface area contributed by atoms with Gasteiger partial charge in [0.15, 0.2) is 0 Å². The highest BCUT2D eigenvalue weighted by atomic mass is 35.5. The van der Waals surface area contributed by atoms with Gasteiger partial charge >= 0.3 is 0 Å². The molecule has 0 radical (unpaired) electrons. The van der Waals surface area contributed by atoms with Gasteiger partial charge in [-0.25, -0.2) is 5.43 Å². The van der Waals surface area contributed by atoms with Crippen molar-refractivity contribution in [2.24, 2.45) is 5.84 Å². The predicted molar refractivity (Wildman–Crippen MR) is 82.4 cm³/mol. The number of nitrogens with zero attached hydrogens (tertiary/aromatic N) is 1.